The fourth-order valence-corrected chi connectivity index (χ4v) is 2.95. The Kier molecular flexibility index (Phi) is 3.68. The number of halogens is 1. The molecule has 110 valence electrons. The average molecular weight is 303 g/mol. The number of hydrogen-bond donors (Lipinski definition) is 1. The molecule has 21 heavy (non-hydrogen) atoms. The third-order valence-corrected chi connectivity index (χ3v) is 4.45. The van der Waals surface area contributed by atoms with Gasteiger partial charge in [-0.05, 0) is 29.3 Å². The predicted molar refractivity (Wildman–Crippen MR) is 85.1 cm³/mol. The van der Waals surface area contributed by atoms with Crippen LogP contribution in [0, 0.1) is 0 Å². The third-order valence-electron chi connectivity index (χ3n) is 4.08. The Morgan fingerprint density at radius 2 is 2.00 bits per heavy atom. The molecule has 2 aromatic carbocycles. The highest BCUT2D eigenvalue weighted by Crippen LogP contribution is 2.40. The zero-order valence-electron chi connectivity index (χ0n) is 12.3. The summed E-state index contributed by atoms with van der Waals surface area (Å²) in [7, 11) is 0. The van der Waals surface area contributed by atoms with Gasteiger partial charge in [0.2, 0.25) is 0 Å². The standard InChI is InChI=1S/C18H19ClO2/c1-18(2)11-21-17-8-7-13(9-14(17)18)16(20)10-12-5-3-4-6-15(12)19/h3-9,16,20H,10-11H2,1-2H3. The molecule has 0 amide bonds. The van der Waals surface area contributed by atoms with E-state index in [4.69, 9.17) is 16.3 Å². The molecular weight excluding hydrogens is 284 g/mol. The second-order valence-corrected chi connectivity index (χ2v) is 6.65. The molecule has 0 saturated heterocycles. The number of hydrogen-bond acceptors (Lipinski definition) is 2. The van der Waals surface area contributed by atoms with Gasteiger partial charge in [-0.15, -0.1) is 0 Å². The van der Waals surface area contributed by atoms with Crippen LogP contribution in [0.15, 0.2) is 42.5 Å². The van der Waals surface area contributed by atoms with Crippen LogP contribution in [-0.2, 0) is 11.8 Å². The summed E-state index contributed by atoms with van der Waals surface area (Å²) in [5.74, 6) is 0.925. The highest BCUT2D eigenvalue weighted by molar-refractivity contribution is 6.31. The van der Waals surface area contributed by atoms with Crippen LogP contribution in [0.5, 0.6) is 5.75 Å². The van der Waals surface area contributed by atoms with Crippen molar-refractivity contribution in [3.05, 3.63) is 64.2 Å². The number of benzene rings is 2. The summed E-state index contributed by atoms with van der Waals surface area (Å²) in [6, 6.07) is 13.6. The molecule has 1 heterocycles. The molecule has 0 bridgehead atoms. The maximum absolute atomic E-state index is 10.5. The lowest BCUT2D eigenvalue weighted by atomic mass is 9.85. The summed E-state index contributed by atoms with van der Waals surface area (Å²) >= 11 is 6.16. The fraction of sp³-hybridized carbons (Fsp3) is 0.333. The zero-order chi connectivity index (χ0) is 15.0. The van der Waals surface area contributed by atoms with Crippen LogP contribution in [0.3, 0.4) is 0 Å². The third kappa shape index (κ3) is 2.78. The van der Waals surface area contributed by atoms with Gasteiger partial charge in [-0.3, -0.25) is 0 Å². The van der Waals surface area contributed by atoms with E-state index in [1.54, 1.807) is 0 Å². The van der Waals surface area contributed by atoms with Crippen molar-refractivity contribution in [3.8, 4) is 5.75 Å². The number of rotatable bonds is 3. The SMILES string of the molecule is CC1(C)COc2ccc(C(O)Cc3ccccc3Cl)cc21. The summed E-state index contributed by atoms with van der Waals surface area (Å²) < 4.78 is 5.68. The van der Waals surface area contributed by atoms with Crippen LogP contribution < -0.4 is 4.74 Å². The fourth-order valence-electron chi connectivity index (χ4n) is 2.74. The number of aliphatic hydroxyl groups excluding tert-OH is 1. The minimum absolute atomic E-state index is 0.00451. The normalized spacial score (nSPS) is 17.1. The molecule has 0 aliphatic carbocycles. The van der Waals surface area contributed by atoms with E-state index in [0.717, 1.165) is 16.9 Å². The van der Waals surface area contributed by atoms with Crippen molar-refractivity contribution < 1.29 is 9.84 Å². The lowest BCUT2D eigenvalue weighted by Gasteiger charge is -2.18. The second-order valence-electron chi connectivity index (χ2n) is 6.24. The Morgan fingerprint density at radius 1 is 1.24 bits per heavy atom. The van der Waals surface area contributed by atoms with E-state index in [-0.39, 0.29) is 5.41 Å². The first-order valence-electron chi connectivity index (χ1n) is 7.16. The maximum atomic E-state index is 10.5. The summed E-state index contributed by atoms with van der Waals surface area (Å²) in [6.07, 6.45) is -0.0497. The Labute approximate surface area is 130 Å². The topological polar surface area (TPSA) is 29.5 Å². The van der Waals surface area contributed by atoms with Crippen molar-refractivity contribution in [2.24, 2.45) is 0 Å². The Balaban J connectivity index is 1.86. The van der Waals surface area contributed by atoms with E-state index >= 15 is 0 Å². The highest BCUT2D eigenvalue weighted by Gasteiger charge is 2.32. The molecule has 1 N–H and O–H groups in total. The van der Waals surface area contributed by atoms with Crippen LogP contribution in [0.25, 0.3) is 0 Å². The lowest BCUT2D eigenvalue weighted by Crippen LogP contribution is -2.18. The molecule has 0 aromatic heterocycles. The Bertz CT molecular complexity index is 664. The van der Waals surface area contributed by atoms with Gasteiger partial charge in [0.1, 0.15) is 5.75 Å². The van der Waals surface area contributed by atoms with Gasteiger partial charge >= 0.3 is 0 Å². The van der Waals surface area contributed by atoms with Gasteiger partial charge in [-0.1, -0.05) is 49.7 Å². The van der Waals surface area contributed by atoms with E-state index < -0.39 is 6.10 Å². The molecule has 0 fully saturated rings. The summed E-state index contributed by atoms with van der Waals surface area (Å²) in [6.45, 7) is 5.00. The van der Waals surface area contributed by atoms with E-state index in [0.29, 0.717) is 18.1 Å². The first kappa shape index (κ1) is 14.4. The van der Waals surface area contributed by atoms with Crippen molar-refractivity contribution in [1.82, 2.24) is 0 Å². The Hall–Kier alpha value is -1.51. The first-order valence-corrected chi connectivity index (χ1v) is 7.54. The molecule has 1 atom stereocenters. The molecule has 1 unspecified atom stereocenters. The molecule has 0 saturated carbocycles. The van der Waals surface area contributed by atoms with Crippen LogP contribution in [-0.4, -0.2) is 11.7 Å². The van der Waals surface area contributed by atoms with Gasteiger partial charge in [0.15, 0.2) is 0 Å². The Morgan fingerprint density at radius 3 is 2.76 bits per heavy atom. The monoisotopic (exact) mass is 302 g/mol. The van der Waals surface area contributed by atoms with Crippen molar-refractivity contribution in [2.45, 2.75) is 31.8 Å². The van der Waals surface area contributed by atoms with Crippen molar-refractivity contribution in [2.75, 3.05) is 6.61 Å². The molecule has 3 heteroatoms. The van der Waals surface area contributed by atoms with E-state index in [1.807, 2.05) is 36.4 Å². The molecule has 0 radical (unpaired) electrons. The molecule has 2 nitrogen and oxygen atoms in total. The molecular formula is C18H19ClO2. The summed E-state index contributed by atoms with van der Waals surface area (Å²) in [4.78, 5) is 0. The average Bonchev–Trinajstić information content (AvgIpc) is 2.77. The minimum atomic E-state index is -0.563. The van der Waals surface area contributed by atoms with Crippen molar-refractivity contribution in [3.63, 3.8) is 0 Å². The molecule has 1 aliphatic rings. The number of ether oxygens (including phenoxy) is 1. The van der Waals surface area contributed by atoms with Gasteiger partial charge < -0.3 is 9.84 Å². The van der Waals surface area contributed by atoms with Crippen LogP contribution >= 0.6 is 11.6 Å². The van der Waals surface area contributed by atoms with Crippen LogP contribution in [0.4, 0.5) is 0 Å². The number of fused-ring (bicyclic) bond motifs is 1. The molecule has 1 aliphatic heterocycles. The summed E-state index contributed by atoms with van der Waals surface area (Å²) in [5, 5.41) is 11.2. The second kappa shape index (κ2) is 5.36. The predicted octanol–water partition coefficient (Wildman–Crippen LogP) is 4.29. The maximum Gasteiger partial charge on any atom is 0.123 e. The van der Waals surface area contributed by atoms with E-state index in [1.165, 1.54) is 5.56 Å². The van der Waals surface area contributed by atoms with Gasteiger partial charge in [0.25, 0.3) is 0 Å². The molecule has 2 aromatic rings. The highest BCUT2D eigenvalue weighted by atomic mass is 35.5. The van der Waals surface area contributed by atoms with Crippen molar-refractivity contribution in [1.29, 1.82) is 0 Å². The molecule has 3 rings (SSSR count). The van der Waals surface area contributed by atoms with E-state index in [9.17, 15) is 5.11 Å². The molecule has 0 spiro atoms. The van der Waals surface area contributed by atoms with Gasteiger partial charge in [0.05, 0.1) is 12.7 Å². The summed E-state index contributed by atoms with van der Waals surface area (Å²) in [5.41, 5.74) is 3.03. The zero-order valence-corrected chi connectivity index (χ0v) is 13.0. The van der Waals surface area contributed by atoms with Crippen LogP contribution in [0.1, 0.15) is 36.6 Å². The van der Waals surface area contributed by atoms with Crippen molar-refractivity contribution >= 4 is 11.6 Å². The van der Waals surface area contributed by atoms with Gasteiger partial charge in [0, 0.05) is 22.4 Å². The van der Waals surface area contributed by atoms with Crippen LogP contribution in [0.2, 0.25) is 5.02 Å². The minimum Gasteiger partial charge on any atom is -0.492 e. The van der Waals surface area contributed by atoms with Gasteiger partial charge in [-0.25, -0.2) is 0 Å². The van der Waals surface area contributed by atoms with E-state index in [2.05, 4.69) is 19.9 Å². The largest absolute Gasteiger partial charge is 0.492 e. The lowest BCUT2D eigenvalue weighted by molar-refractivity contribution is 0.178. The van der Waals surface area contributed by atoms with Gasteiger partial charge in [-0.2, -0.15) is 0 Å². The smallest absolute Gasteiger partial charge is 0.123 e. The number of aliphatic hydroxyl groups is 1. The first-order chi connectivity index (χ1) is 9.97. The quantitative estimate of drug-likeness (QED) is 0.916.